The molecule has 1 fully saturated rings. The van der Waals surface area contributed by atoms with Gasteiger partial charge in [0.15, 0.2) is 0 Å². The highest BCUT2D eigenvalue weighted by atomic mass is 32.1. The van der Waals surface area contributed by atoms with E-state index in [1.807, 2.05) is 30.3 Å². The van der Waals surface area contributed by atoms with Crippen LogP contribution < -0.4 is 5.63 Å². The van der Waals surface area contributed by atoms with E-state index < -0.39 is 5.63 Å². The van der Waals surface area contributed by atoms with E-state index in [1.54, 1.807) is 12.1 Å². The van der Waals surface area contributed by atoms with Crippen LogP contribution in [-0.2, 0) is 6.54 Å². The highest BCUT2D eigenvalue weighted by Gasteiger charge is 2.24. The summed E-state index contributed by atoms with van der Waals surface area (Å²) in [4.78, 5) is 19.9. The van der Waals surface area contributed by atoms with Crippen molar-refractivity contribution in [3.05, 3.63) is 58.4 Å². The fourth-order valence-electron chi connectivity index (χ4n) is 4.45. The summed E-state index contributed by atoms with van der Waals surface area (Å²) in [6.45, 7) is 3.80. The van der Waals surface area contributed by atoms with Crippen molar-refractivity contribution in [2.45, 2.75) is 45.2 Å². The van der Waals surface area contributed by atoms with Crippen LogP contribution in [0.15, 0.2) is 51.7 Å². The third-order valence-electron chi connectivity index (χ3n) is 6.09. The smallest absolute Gasteiger partial charge is 0.346 e. The minimum absolute atomic E-state index is 0.179. The van der Waals surface area contributed by atoms with E-state index in [9.17, 15) is 9.90 Å². The van der Waals surface area contributed by atoms with Gasteiger partial charge in [0.2, 0.25) is 0 Å². The molecule has 5 rings (SSSR count). The van der Waals surface area contributed by atoms with Gasteiger partial charge in [-0.25, -0.2) is 9.78 Å². The van der Waals surface area contributed by atoms with Crippen molar-refractivity contribution in [3.63, 3.8) is 0 Å². The summed E-state index contributed by atoms with van der Waals surface area (Å²) < 4.78 is 6.83. The van der Waals surface area contributed by atoms with Gasteiger partial charge in [0.1, 0.15) is 16.3 Å². The number of hydrogen-bond acceptors (Lipinski definition) is 6. The third kappa shape index (κ3) is 3.40. The van der Waals surface area contributed by atoms with E-state index in [0.717, 1.165) is 35.0 Å². The molecule has 0 saturated carbocycles. The number of fused-ring (bicyclic) bond motifs is 2. The number of benzene rings is 2. The number of aromatic nitrogens is 1. The maximum Gasteiger partial charge on any atom is 0.346 e. The Morgan fingerprint density at radius 1 is 1.23 bits per heavy atom. The van der Waals surface area contributed by atoms with Crippen LogP contribution in [0.5, 0.6) is 5.75 Å². The molecule has 30 heavy (non-hydrogen) atoms. The minimum atomic E-state index is -0.418. The lowest BCUT2D eigenvalue weighted by Crippen LogP contribution is -2.38. The second kappa shape index (κ2) is 7.85. The summed E-state index contributed by atoms with van der Waals surface area (Å²) in [6, 6.07) is 13.7. The molecule has 0 radical (unpaired) electrons. The predicted octanol–water partition coefficient (Wildman–Crippen LogP) is 5.54. The maximum absolute atomic E-state index is 12.9. The molecule has 4 aromatic rings. The van der Waals surface area contributed by atoms with Gasteiger partial charge < -0.3 is 9.52 Å². The number of thiazole rings is 1. The number of phenolic OH excluding ortho intramolecular Hbond substituents is 1. The molecule has 1 N–H and O–H groups in total. The average Bonchev–Trinajstić information content (AvgIpc) is 3.20. The summed E-state index contributed by atoms with van der Waals surface area (Å²) in [5.41, 5.74) is 2.09. The topological polar surface area (TPSA) is 66.6 Å². The normalized spacial score (nSPS) is 17.7. The highest BCUT2D eigenvalue weighted by molar-refractivity contribution is 7.21. The van der Waals surface area contributed by atoms with Gasteiger partial charge in [-0.15, -0.1) is 11.3 Å². The van der Waals surface area contributed by atoms with Crippen LogP contribution in [0.3, 0.4) is 0 Å². The molecule has 1 unspecified atom stereocenters. The first-order valence-corrected chi connectivity index (χ1v) is 11.3. The number of likely N-dealkylation sites (tertiary alicyclic amines) is 1. The number of piperidine rings is 1. The van der Waals surface area contributed by atoms with Crippen LogP contribution in [-0.4, -0.2) is 27.6 Å². The molecule has 154 valence electrons. The first kappa shape index (κ1) is 19.3. The number of rotatable bonds is 4. The lowest BCUT2D eigenvalue weighted by atomic mass is 9.98. The molecular weight excluding hydrogens is 396 g/mol. The summed E-state index contributed by atoms with van der Waals surface area (Å²) in [5, 5.41) is 12.0. The molecular formula is C24H24N2O3S. The molecule has 0 bridgehead atoms. The van der Waals surface area contributed by atoms with E-state index in [4.69, 9.17) is 4.42 Å². The Hall–Kier alpha value is -2.70. The van der Waals surface area contributed by atoms with Crippen molar-refractivity contribution in [1.82, 2.24) is 9.88 Å². The Bertz CT molecular complexity index is 1240. The van der Waals surface area contributed by atoms with E-state index in [-0.39, 0.29) is 5.75 Å². The zero-order valence-electron chi connectivity index (χ0n) is 16.9. The predicted molar refractivity (Wildman–Crippen MR) is 121 cm³/mol. The van der Waals surface area contributed by atoms with Gasteiger partial charge >= 0.3 is 5.63 Å². The number of para-hydroxylation sites is 1. The second-order valence-electron chi connectivity index (χ2n) is 7.94. The molecule has 2 aromatic carbocycles. The van der Waals surface area contributed by atoms with Crippen LogP contribution in [0.1, 0.15) is 38.2 Å². The Balaban J connectivity index is 1.59. The zero-order valence-corrected chi connectivity index (χ0v) is 17.7. The average molecular weight is 421 g/mol. The molecule has 1 aliphatic rings. The first-order chi connectivity index (χ1) is 14.6. The Morgan fingerprint density at radius 3 is 2.93 bits per heavy atom. The fourth-order valence-corrected chi connectivity index (χ4v) is 5.42. The maximum atomic E-state index is 12.9. The summed E-state index contributed by atoms with van der Waals surface area (Å²) in [7, 11) is 0. The Labute approximate surface area is 178 Å². The molecule has 5 nitrogen and oxygen atoms in total. The zero-order chi connectivity index (χ0) is 20.7. The number of phenols is 1. The van der Waals surface area contributed by atoms with Gasteiger partial charge in [-0.3, -0.25) is 4.90 Å². The molecule has 0 aliphatic carbocycles. The van der Waals surface area contributed by atoms with Crippen LogP contribution in [0.2, 0.25) is 0 Å². The summed E-state index contributed by atoms with van der Waals surface area (Å²) in [6.07, 6.45) is 4.66. The SMILES string of the molecule is CCC1CCCCN1Cc1c(O)ccc2cc(-c3nc4ccccc4s3)c(=O)oc12. The minimum Gasteiger partial charge on any atom is -0.507 e. The Morgan fingerprint density at radius 2 is 2.10 bits per heavy atom. The monoisotopic (exact) mass is 420 g/mol. The molecule has 0 spiro atoms. The largest absolute Gasteiger partial charge is 0.507 e. The lowest BCUT2D eigenvalue weighted by Gasteiger charge is -2.35. The molecule has 1 aliphatic heterocycles. The van der Waals surface area contributed by atoms with Crippen molar-refractivity contribution < 1.29 is 9.52 Å². The molecule has 0 amide bonds. The quantitative estimate of drug-likeness (QED) is 0.439. The van der Waals surface area contributed by atoms with E-state index >= 15 is 0 Å². The van der Waals surface area contributed by atoms with E-state index in [0.29, 0.717) is 34.3 Å². The number of hydrogen-bond donors (Lipinski definition) is 1. The van der Waals surface area contributed by atoms with Gasteiger partial charge in [0.05, 0.1) is 21.3 Å². The van der Waals surface area contributed by atoms with Crippen molar-refractivity contribution in [3.8, 4) is 16.3 Å². The van der Waals surface area contributed by atoms with Crippen molar-refractivity contribution >= 4 is 32.5 Å². The molecule has 2 aromatic heterocycles. The van der Waals surface area contributed by atoms with E-state index in [2.05, 4.69) is 16.8 Å². The van der Waals surface area contributed by atoms with Gasteiger partial charge in [0, 0.05) is 18.0 Å². The van der Waals surface area contributed by atoms with Crippen molar-refractivity contribution in [2.24, 2.45) is 0 Å². The van der Waals surface area contributed by atoms with Crippen LogP contribution >= 0.6 is 11.3 Å². The van der Waals surface area contributed by atoms with Gasteiger partial charge in [0.25, 0.3) is 0 Å². The van der Waals surface area contributed by atoms with Crippen LogP contribution in [0, 0.1) is 0 Å². The van der Waals surface area contributed by atoms with Crippen molar-refractivity contribution in [2.75, 3.05) is 6.54 Å². The number of aromatic hydroxyl groups is 1. The number of nitrogens with zero attached hydrogens (tertiary/aromatic N) is 2. The van der Waals surface area contributed by atoms with Gasteiger partial charge in [-0.05, 0) is 56.1 Å². The van der Waals surface area contributed by atoms with Crippen LogP contribution in [0.25, 0.3) is 31.8 Å². The molecule has 6 heteroatoms. The molecule has 1 saturated heterocycles. The summed E-state index contributed by atoms with van der Waals surface area (Å²) >= 11 is 1.48. The van der Waals surface area contributed by atoms with Gasteiger partial charge in [-0.2, -0.15) is 0 Å². The molecule has 1 atom stereocenters. The lowest BCUT2D eigenvalue weighted by molar-refractivity contribution is 0.135. The van der Waals surface area contributed by atoms with E-state index in [1.165, 1.54) is 24.2 Å². The summed E-state index contributed by atoms with van der Waals surface area (Å²) in [5.74, 6) is 0.179. The fraction of sp³-hybridized carbons (Fsp3) is 0.333. The van der Waals surface area contributed by atoms with Crippen molar-refractivity contribution in [1.29, 1.82) is 0 Å². The first-order valence-electron chi connectivity index (χ1n) is 10.5. The van der Waals surface area contributed by atoms with Crippen LogP contribution in [0.4, 0.5) is 0 Å². The van der Waals surface area contributed by atoms with Gasteiger partial charge in [-0.1, -0.05) is 25.5 Å². The standard InChI is InChI=1S/C24H24N2O3S/c1-2-16-7-5-6-12-26(16)14-18-20(27)11-10-15-13-17(24(28)29-22(15)18)23-25-19-8-3-4-9-21(19)30-23/h3-4,8-11,13,16,27H,2,5-7,12,14H2,1H3. The Kier molecular flexibility index (Phi) is 5.05. The third-order valence-corrected chi connectivity index (χ3v) is 7.16. The molecule has 3 heterocycles. The highest BCUT2D eigenvalue weighted by Crippen LogP contribution is 2.34. The second-order valence-corrected chi connectivity index (χ2v) is 8.97.